The van der Waals surface area contributed by atoms with E-state index in [-0.39, 0.29) is 24.2 Å². The van der Waals surface area contributed by atoms with Gasteiger partial charge in [0.2, 0.25) is 0 Å². The zero-order chi connectivity index (χ0) is 22.9. The number of hydrogen-bond acceptors (Lipinski definition) is 4. The van der Waals surface area contributed by atoms with Crippen LogP contribution in [0.3, 0.4) is 0 Å². The molecule has 1 atom stereocenters. The number of fused-ring (bicyclic) bond motifs is 1. The van der Waals surface area contributed by atoms with Gasteiger partial charge in [-0.05, 0) is 102 Å². The largest absolute Gasteiger partial charge is 0.361 e. The Labute approximate surface area is 203 Å². The number of piperidine rings is 2. The number of hydrogen-bond donors (Lipinski definition) is 2. The lowest BCUT2D eigenvalue weighted by molar-refractivity contribution is -0.145. The van der Waals surface area contributed by atoms with Crippen LogP contribution in [0.1, 0.15) is 43.0 Å². The molecule has 2 aliphatic rings. The highest BCUT2D eigenvalue weighted by atomic mass is 35.5. The maximum atomic E-state index is 13.6. The second-order valence-corrected chi connectivity index (χ2v) is 9.97. The second-order valence-electron chi connectivity index (χ2n) is 9.97. The number of amides is 2. The minimum absolute atomic E-state index is 0. The van der Waals surface area contributed by atoms with Gasteiger partial charge in [-0.15, -0.1) is 12.4 Å². The molecule has 2 aliphatic heterocycles. The molecule has 1 aromatic heterocycles. The zero-order valence-electron chi connectivity index (χ0n) is 20.3. The molecule has 0 spiro atoms. The van der Waals surface area contributed by atoms with E-state index < -0.39 is 5.66 Å². The number of likely N-dealkylation sites (tertiary alicyclic amines) is 2. The average Bonchev–Trinajstić information content (AvgIpc) is 3.27. The summed E-state index contributed by atoms with van der Waals surface area (Å²) in [7, 11) is 5.89. The first-order chi connectivity index (χ1) is 15.3. The van der Waals surface area contributed by atoms with Crippen molar-refractivity contribution in [1.82, 2.24) is 25.0 Å². The van der Waals surface area contributed by atoms with Crippen LogP contribution in [0.25, 0.3) is 10.9 Å². The molecule has 1 aromatic carbocycles. The van der Waals surface area contributed by atoms with Crippen molar-refractivity contribution in [1.29, 1.82) is 0 Å². The molecule has 0 bridgehead atoms. The first-order valence-corrected chi connectivity index (χ1v) is 11.8. The molecular weight excluding hydrogens is 438 g/mol. The second kappa shape index (κ2) is 10.5. The van der Waals surface area contributed by atoms with Gasteiger partial charge in [-0.3, -0.25) is 14.5 Å². The number of benzene rings is 1. The summed E-state index contributed by atoms with van der Waals surface area (Å²) in [5, 5.41) is 4.07. The summed E-state index contributed by atoms with van der Waals surface area (Å²) in [6, 6.07) is 7.53. The molecule has 2 amide bonds. The Morgan fingerprint density at radius 3 is 2.24 bits per heavy atom. The third-order valence-electron chi connectivity index (χ3n) is 7.74. The number of carbonyl (C=O) groups excluding carboxylic acids is 2. The number of nitrogens with one attached hydrogen (secondary N) is 2. The predicted molar refractivity (Wildman–Crippen MR) is 135 cm³/mol. The van der Waals surface area contributed by atoms with Crippen molar-refractivity contribution in [2.75, 3.05) is 47.3 Å². The molecule has 33 heavy (non-hydrogen) atoms. The molecule has 0 unspecified atom stereocenters. The molecule has 0 radical (unpaired) electrons. The summed E-state index contributed by atoms with van der Waals surface area (Å²) in [4.78, 5) is 36.0. The van der Waals surface area contributed by atoms with Gasteiger partial charge < -0.3 is 20.1 Å². The van der Waals surface area contributed by atoms with E-state index in [4.69, 9.17) is 0 Å². The first-order valence-electron chi connectivity index (χ1n) is 11.8. The fourth-order valence-corrected chi connectivity index (χ4v) is 5.22. The third-order valence-corrected chi connectivity index (χ3v) is 7.74. The van der Waals surface area contributed by atoms with Gasteiger partial charge in [-0.1, -0.05) is 6.07 Å². The summed E-state index contributed by atoms with van der Waals surface area (Å²) >= 11 is 0. The molecule has 0 aliphatic carbocycles. The summed E-state index contributed by atoms with van der Waals surface area (Å²) in [6.07, 6.45) is 6.51. The van der Waals surface area contributed by atoms with Gasteiger partial charge in [0.25, 0.3) is 11.8 Å². The first kappa shape index (κ1) is 25.5. The quantitative estimate of drug-likeness (QED) is 0.651. The van der Waals surface area contributed by atoms with E-state index in [0.717, 1.165) is 42.8 Å². The van der Waals surface area contributed by atoms with Crippen molar-refractivity contribution in [3.05, 3.63) is 36.0 Å². The van der Waals surface area contributed by atoms with E-state index in [1.807, 2.05) is 55.2 Å². The van der Waals surface area contributed by atoms with Crippen LogP contribution in [0.4, 0.5) is 0 Å². The van der Waals surface area contributed by atoms with Gasteiger partial charge in [-0.2, -0.15) is 0 Å². The standard InChI is InChI=1S/C25H37N5O2.ClH/c1-25(28(2)3,27-23(31)21-6-5-20-7-12-26-22(20)17-21)24(32)30-15-10-19(11-16-30)18-8-13-29(4)14-9-18;/h5-7,12,17-19,26H,8-11,13-16H2,1-4H3,(H,27,31);1H/t25-;/m0./s1. The number of H-pyrrole nitrogens is 1. The molecule has 2 N–H and O–H groups in total. The SMILES string of the molecule is CN1CCC(C2CCN(C(=O)[C@@](C)(NC(=O)c3ccc4cc[nH]c4c3)N(C)C)CC2)CC1.Cl. The van der Waals surface area contributed by atoms with Gasteiger partial charge in [0.15, 0.2) is 5.66 Å². The number of carbonyl (C=O) groups is 2. The number of aromatic nitrogens is 1. The number of halogens is 1. The molecule has 0 saturated carbocycles. The smallest absolute Gasteiger partial charge is 0.263 e. The molecule has 3 heterocycles. The normalized spacial score (nSPS) is 20.5. The highest BCUT2D eigenvalue weighted by molar-refractivity contribution is 6.01. The number of rotatable bonds is 5. The van der Waals surface area contributed by atoms with Crippen LogP contribution in [0.5, 0.6) is 0 Å². The maximum Gasteiger partial charge on any atom is 0.263 e. The van der Waals surface area contributed by atoms with Crippen molar-refractivity contribution in [2.45, 2.75) is 38.3 Å². The Bertz CT molecular complexity index is 961. The lowest BCUT2D eigenvalue weighted by Gasteiger charge is -2.43. The lowest BCUT2D eigenvalue weighted by atomic mass is 9.78. The monoisotopic (exact) mass is 475 g/mol. The Balaban J connectivity index is 0.00000306. The van der Waals surface area contributed by atoms with Crippen molar-refractivity contribution in [2.24, 2.45) is 11.8 Å². The van der Waals surface area contributed by atoms with E-state index in [9.17, 15) is 9.59 Å². The Morgan fingerprint density at radius 1 is 1.03 bits per heavy atom. The van der Waals surface area contributed by atoms with Gasteiger partial charge in [0.1, 0.15) is 0 Å². The maximum absolute atomic E-state index is 13.6. The summed E-state index contributed by atoms with van der Waals surface area (Å²) in [5.74, 6) is 1.22. The van der Waals surface area contributed by atoms with Crippen LogP contribution in [0.2, 0.25) is 0 Å². The molecule has 182 valence electrons. The summed E-state index contributed by atoms with van der Waals surface area (Å²) < 4.78 is 0. The van der Waals surface area contributed by atoms with Crippen LogP contribution in [-0.2, 0) is 4.79 Å². The Morgan fingerprint density at radius 2 is 1.64 bits per heavy atom. The van der Waals surface area contributed by atoms with Crippen LogP contribution >= 0.6 is 12.4 Å². The molecular formula is C25H38ClN5O2. The average molecular weight is 476 g/mol. The molecule has 7 nitrogen and oxygen atoms in total. The number of aromatic amines is 1. The predicted octanol–water partition coefficient (Wildman–Crippen LogP) is 3.18. The highest BCUT2D eigenvalue weighted by Gasteiger charge is 2.42. The van der Waals surface area contributed by atoms with E-state index in [1.54, 1.807) is 6.07 Å². The Kier molecular flexibility index (Phi) is 8.08. The summed E-state index contributed by atoms with van der Waals surface area (Å²) in [6.45, 7) is 5.71. The molecule has 2 aromatic rings. The molecule has 8 heteroatoms. The van der Waals surface area contributed by atoms with E-state index >= 15 is 0 Å². The fraction of sp³-hybridized carbons (Fsp3) is 0.600. The van der Waals surface area contributed by atoms with Crippen molar-refractivity contribution < 1.29 is 9.59 Å². The minimum Gasteiger partial charge on any atom is -0.361 e. The van der Waals surface area contributed by atoms with Crippen LogP contribution in [0.15, 0.2) is 30.5 Å². The van der Waals surface area contributed by atoms with Crippen molar-refractivity contribution in [3.63, 3.8) is 0 Å². The lowest BCUT2D eigenvalue weighted by Crippen LogP contribution is -2.66. The van der Waals surface area contributed by atoms with Crippen LogP contribution < -0.4 is 5.32 Å². The molecule has 2 fully saturated rings. The minimum atomic E-state index is -1.10. The number of likely N-dealkylation sites (N-methyl/N-ethyl adjacent to an activating group) is 1. The van der Waals surface area contributed by atoms with Crippen LogP contribution in [-0.4, -0.2) is 84.5 Å². The fourth-order valence-electron chi connectivity index (χ4n) is 5.22. The third kappa shape index (κ3) is 5.36. The summed E-state index contributed by atoms with van der Waals surface area (Å²) in [5.41, 5.74) is 0.357. The van der Waals surface area contributed by atoms with Gasteiger partial charge in [0, 0.05) is 30.4 Å². The van der Waals surface area contributed by atoms with E-state index in [1.165, 1.54) is 25.9 Å². The van der Waals surface area contributed by atoms with Crippen molar-refractivity contribution >= 4 is 35.1 Å². The van der Waals surface area contributed by atoms with Crippen LogP contribution in [0, 0.1) is 11.8 Å². The van der Waals surface area contributed by atoms with Gasteiger partial charge in [-0.25, -0.2) is 0 Å². The molecule has 2 saturated heterocycles. The molecule has 4 rings (SSSR count). The van der Waals surface area contributed by atoms with E-state index in [0.29, 0.717) is 11.5 Å². The Hall–Kier alpha value is -2.09. The van der Waals surface area contributed by atoms with Crippen molar-refractivity contribution in [3.8, 4) is 0 Å². The topological polar surface area (TPSA) is 71.7 Å². The van der Waals surface area contributed by atoms with Gasteiger partial charge >= 0.3 is 0 Å². The number of nitrogens with zero attached hydrogens (tertiary/aromatic N) is 3. The zero-order valence-corrected chi connectivity index (χ0v) is 21.1. The van der Waals surface area contributed by atoms with Gasteiger partial charge in [0.05, 0.1) is 0 Å². The van der Waals surface area contributed by atoms with E-state index in [2.05, 4.69) is 22.2 Å². The highest BCUT2D eigenvalue weighted by Crippen LogP contribution is 2.33.